The van der Waals surface area contributed by atoms with Crippen LogP contribution in [0, 0.1) is 5.82 Å². The molecule has 140 valence electrons. The molecule has 2 aromatic carbocycles. The molecule has 0 bridgehead atoms. The molecule has 0 aromatic heterocycles. The largest absolute Gasteiger partial charge is 0.496 e. The Morgan fingerprint density at radius 3 is 2.73 bits per heavy atom. The lowest BCUT2D eigenvalue weighted by Gasteiger charge is -2.39. The fraction of sp³-hybridized carbons (Fsp3) is 0.429. The van der Waals surface area contributed by atoms with Crippen LogP contribution in [0.3, 0.4) is 0 Å². The van der Waals surface area contributed by atoms with Gasteiger partial charge in [-0.05, 0) is 44.5 Å². The number of aliphatic hydroxyl groups excluding tert-OH is 1. The number of rotatable bonds is 6. The summed E-state index contributed by atoms with van der Waals surface area (Å²) in [6, 6.07) is 14.0. The number of nitrogens with zero attached hydrogens (tertiary/aromatic N) is 1. The molecule has 0 unspecified atom stereocenters. The van der Waals surface area contributed by atoms with E-state index in [0.29, 0.717) is 12.3 Å². The Morgan fingerprint density at radius 2 is 1.96 bits per heavy atom. The van der Waals surface area contributed by atoms with Crippen molar-refractivity contribution in [3.8, 4) is 11.5 Å². The Hall–Kier alpha value is -2.11. The van der Waals surface area contributed by atoms with E-state index in [-0.39, 0.29) is 18.0 Å². The maximum absolute atomic E-state index is 13.4. The molecule has 5 heteroatoms. The predicted molar refractivity (Wildman–Crippen MR) is 98.9 cm³/mol. The maximum Gasteiger partial charge on any atom is 0.126 e. The van der Waals surface area contributed by atoms with Crippen LogP contribution >= 0.6 is 0 Å². The summed E-state index contributed by atoms with van der Waals surface area (Å²) in [5, 5.41) is 10.8. The molecule has 1 aliphatic rings. The highest BCUT2D eigenvalue weighted by molar-refractivity contribution is 5.33. The molecule has 0 spiro atoms. The minimum absolute atomic E-state index is 0.0211. The summed E-state index contributed by atoms with van der Waals surface area (Å²) in [6.07, 6.45) is 1.65. The Morgan fingerprint density at radius 1 is 1.15 bits per heavy atom. The predicted octanol–water partition coefficient (Wildman–Crippen LogP) is 3.63. The lowest BCUT2D eigenvalue weighted by Crippen LogP contribution is -2.51. The molecule has 2 aromatic rings. The van der Waals surface area contributed by atoms with Gasteiger partial charge < -0.3 is 14.6 Å². The molecule has 0 amide bonds. The van der Waals surface area contributed by atoms with Crippen LogP contribution in [0.1, 0.15) is 24.8 Å². The fourth-order valence-electron chi connectivity index (χ4n) is 3.66. The summed E-state index contributed by atoms with van der Waals surface area (Å²) >= 11 is 0. The molecule has 1 saturated carbocycles. The van der Waals surface area contributed by atoms with Gasteiger partial charge in [-0.2, -0.15) is 0 Å². The van der Waals surface area contributed by atoms with Gasteiger partial charge in [-0.25, -0.2) is 4.39 Å². The first-order chi connectivity index (χ1) is 12.6. The zero-order valence-electron chi connectivity index (χ0n) is 15.3. The molecular weight excluding hydrogens is 333 g/mol. The highest BCUT2D eigenvalue weighted by Crippen LogP contribution is 2.29. The van der Waals surface area contributed by atoms with Crippen LogP contribution in [0.5, 0.6) is 11.5 Å². The van der Waals surface area contributed by atoms with E-state index in [1.807, 2.05) is 31.3 Å². The number of hydrogen-bond acceptors (Lipinski definition) is 4. The average molecular weight is 359 g/mol. The van der Waals surface area contributed by atoms with Crippen molar-refractivity contribution in [3.63, 3.8) is 0 Å². The van der Waals surface area contributed by atoms with Crippen LogP contribution in [0.15, 0.2) is 48.5 Å². The van der Waals surface area contributed by atoms with Gasteiger partial charge in [0.25, 0.3) is 0 Å². The van der Waals surface area contributed by atoms with E-state index in [2.05, 4.69) is 4.90 Å². The van der Waals surface area contributed by atoms with Gasteiger partial charge in [0.05, 0.1) is 7.11 Å². The molecular formula is C21H26FNO3. The highest BCUT2D eigenvalue weighted by atomic mass is 19.1. The summed E-state index contributed by atoms with van der Waals surface area (Å²) in [4.78, 5) is 2.14. The van der Waals surface area contributed by atoms with Gasteiger partial charge in [-0.15, -0.1) is 0 Å². The summed E-state index contributed by atoms with van der Waals surface area (Å²) in [7, 11) is 3.67. The van der Waals surface area contributed by atoms with Gasteiger partial charge >= 0.3 is 0 Å². The van der Waals surface area contributed by atoms with E-state index in [1.165, 1.54) is 12.1 Å². The van der Waals surface area contributed by atoms with E-state index < -0.39 is 6.10 Å². The number of aliphatic hydroxyl groups is 1. The Kier molecular flexibility index (Phi) is 6.12. The summed E-state index contributed by atoms with van der Waals surface area (Å²) in [5.41, 5.74) is 1.08. The van der Waals surface area contributed by atoms with Gasteiger partial charge in [0, 0.05) is 24.2 Å². The summed E-state index contributed by atoms with van der Waals surface area (Å²) in [6.45, 7) is 0.679. The Labute approximate surface area is 154 Å². The minimum Gasteiger partial charge on any atom is -0.496 e. The number of para-hydroxylation sites is 1. The van der Waals surface area contributed by atoms with E-state index in [0.717, 1.165) is 30.6 Å². The fourth-order valence-corrected chi connectivity index (χ4v) is 3.66. The number of halogens is 1. The third-order valence-corrected chi connectivity index (χ3v) is 5.03. The van der Waals surface area contributed by atoms with E-state index >= 15 is 0 Å². The van der Waals surface area contributed by atoms with Crippen molar-refractivity contribution in [1.82, 2.24) is 4.90 Å². The second kappa shape index (κ2) is 8.52. The van der Waals surface area contributed by atoms with Crippen LogP contribution in [-0.4, -0.2) is 42.4 Å². The molecule has 1 N–H and O–H groups in total. The highest BCUT2D eigenvalue weighted by Gasteiger charge is 2.35. The number of benzene rings is 2. The molecule has 3 atom stereocenters. The lowest BCUT2D eigenvalue weighted by atomic mass is 9.88. The van der Waals surface area contributed by atoms with Gasteiger partial charge in [-0.3, -0.25) is 4.90 Å². The van der Waals surface area contributed by atoms with Crippen molar-refractivity contribution in [3.05, 3.63) is 59.9 Å². The average Bonchev–Trinajstić information content (AvgIpc) is 2.64. The molecule has 0 heterocycles. The Bertz CT molecular complexity index is 724. The number of methoxy groups -OCH3 is 1. The molecule has 26 heavy (non-hydrogen) atoms. The van der Waals surface area contributed by atoms with Crippen LogP contribution < -0.4 is 9.47 Å². The van der Waals surface area contributed by atoms with Gasteiger partial charge in [0.15, 0.2) is 0 Å². The van der Waals surface area contributed by atoms with Gasteiger partial charge in [-0.1, -0.05) is 24.3 Å². The van der Waals surface area contributed by atoms with Crippen LogP contribution in [0.2, 0.25) is 0 Å². The van der Waals surface area contributed by atoms with Crippen molar-refractivity contribution in [1.29, 1.82) is 0 Å². The standard InChI is InChI=1S/C21H26FNO3/c1-23(14-15-7-3-4-11-19(15)25-2)18-10-6-12-20(21(18)24)26-17-9-5-8-16(22)13-17/h3-5,7-9,11,13,18,20-21,24H,6,10,12,14H2,1-2H3/t18-,20+,21+/m1/s1. The van der Waals surface area contributed by atoms with Crippen LogP contribution in [-0.2, 0) is 6.54 Å². The molecule has 1 fully saturated rings. The monoisotopic (exact) mass is 359 g/mol. The molecule has 0 aliphatic heterocycles. The first-order valence-electron chi connectivity index (χ1n) is 9.01. The molecule has 0 radical (unpaired) electrons. The third kappa shape index (κ3) is 4.34. The number of hydrogen-bond donors (Lipinski definition) is 1. The quantitative estimate of drug-likeness (QED) is 0.855. The van der Waals surface area contributed by atoms with Crippen molar-refractivity contribution in [2.75, 3.05) is 14.2 Å². The smallest absolute Gasteiger partial charge is 0.126 e. The van der Waals surface area contributed by atoms with E-state index in [4.69, 9.17) is 9.47 Å². The maximum atomic E-state index is 13.4. The first-order valence-corrected chi connectivity index (χ1v) is 9.01. The Balaban J connectivity index is 1.67. The number of ether oxygens (including phenoxy) is 2. The lowest BCUT2D eigenvalue weighted by molar-refractivity contribution is -0.0493. The second-order valence-corrected chi connectivity index (χ2v) is 6.83. The van der Waals surface area contributed by atoms with Gasteiger partial charge in [0.1, 0.15) is 29.5 Å². The number of likely N-dealkylation sites (N-methyl/N-ethyl adjacent to an activating group) is 1. The molecule has 3 rings (SSSR count). The molecule has 1 aliphatic carbocycles. The van der Waals surface area contributed by atoms with Crippen molar-refractivity contribution in [2.24, 2.45) is 0 Å². The van der Waals surface area contributed by atoms with Gasteiger partial charge in [0.2, 0.25) is 0 Å². The topological polar surface area (TPSA) is 41.9 Å². The van der Waals surface area contributed by atoms with E-state index in [9.17, 15) is 9.50 Å². The minimum atomic E-state index is -0.633. The molecule has 0 saturated heterocycles. The van der Waals surface area contributed by atoms with Crippen molar-refractivity contribution >= 4 is 0 Å². The normalized spacial score (nSPS) is 23.0. The van der Waals surface area contributed by atoms with Crippen molar-refractivity contribution < 1.29 is 19.0 Å². The third-order valence-electron chi connectivity index (χ3n) is 5.03. The van der Waals surface area contributed by atoms with E-state index in [1.54, 1.807) is 19.2 Å². The molecule has 4 nitrogen and oxygen atoms in total. The SMILES string of the molecule is COc1ccccc1CN(C)[C@@H]1CCC[C@H](Oc2cccc(F)c2)[C@H]1O. The van der Waals surface area contributed by atoms with Crippen LogP contribution in [0.25, 0.3) is 0 Å². The first kappa shape index (κ1) is 18.7. The second-order valence-electron chi connectivity index (χ2n) is 6.83. The zero-order chi connectivity index (χ0) is 18.5. The van der Waals surface area contributed by atoms with Crippen LogP contribution in [0.4, 0.5) is 4.39 Å². The summed E-state index contributed by atoms with van der Waals surface area (Å²) < 4.78 is 24.7. The van der Waals surface area contributed by atoms with Crippen molar-refractivity contribution in [2.45, 2.75) is 44.1 Å². The zero-order valence-corrected chi connectivity index (χ0v) is 15.3. The summed E-state index contributed by atoms with van der Waals surface area (Å²) in [5.74, 6) is 0.969.